The van der Waals surface area contributed by atoms with Crippen molar-refractivity contribution in [3.63, 3.8) is 0 Å². The zero-order valence-corrected chi connectivity index (χ0v) is 12.8. The molecule has 1 saturated carbocycles. The molecule has 21 heavy (non-hydrogen) atoms. The average molecular weight is 316 g/mol. The average Bonchev–Trinajstić information content (AvgIpc) is 2.41. The van der Waals surface area contributed by atoms with Crippen molar-refractivity contribution in [2.75, 3.05) is 12.3 Å². The van der Waals surface area contributed by atoms with Gasteiger partial charge < -0.3 is 10.8 Å². The molecule has 2 rings (SSSR count). The standard InChI is InChI=1S/C14H21FN2O3S/c1-10-4-6-14(9-18,7-5-10)17-21(19,20)13-3-2-11(15)8-12(13)16/h2-3,8,10,17-18H,4-7,9,16H2,1H3. The molecule has 0 spiro atoms. The summed E-state index contributed by atoms with van der Waals surface area (Å²) in [7, 11) is -3.90. The second-order valence-corrected chi connectivity index (χ2v) is 7.56. The maximum Gasteiger partial charge on any atom is 0.243 e. The minimum Gasteiger partial charge on any atom is -0.398 e. The number of nitrogens with two attached hydrogens (primary N) is 1. The summed E-state index contributed by atoms with van der Waals surface area (Å²) in [5.74, 6) is -0.0696. The van der Waals surface area contributed by atoms with E-state index in [0.29, 0.717) is 18.8 Å². The van der Waals surface area contributed by atoms with Crippen LogP contribution < -0.4 is 10.5 Å². The summed E-state index contributed by atoms with van der Waals surface area (Å²) < 4.78 is 40.5. The number of aliphatic hydroxyl groups excluding tert-OH is 1. The van der Waals surface area contributed by atoms with Gasteiger partial charge in [-0.2, -0.15) is 0 Å². The SMILES string of the molecule is CC1CCC(CO)(NS(=O)(=O)c2ccc(F)cc2N)CC1. The lowest BCUT2D eigenvalue weighted by molar-refractivity contribution is 0.125. The van der Waals surface area contributed by atoms with Gasteiger partial charge in [-0.15, -0.1) is 0 Å². The first-order chi connectivity index (χ1) is 9.78. The zero-order chi connectivity index (χ0) is 15.7. The van der Waals surface area contributed by atoms with E-state index in [-0.39, 0.29) is 17.2 Å². The van der Waals surface area contributed by atoms with Crippen molar-refractivity contribution in [1.29, 1.82) is 0 Å². The quantitative estimate of drug-likeness (QED) is 0.736. The summed E-state index contributed by atoms with van der Waals surface area (Å²) in [5.41, 5.74) is 4.60. The van der Waals surface area contributed by atoms with E-state index in [9.17, 15) is 17.9 Å². The molecule has 7 heteroatoms. The van der Waals surface area contributed by atoms with Crippen LogP contribution in [0.4, 0.5) is 10.1 Å². The number of nitrogens with one attached hydrogen (secondary N) is 1. The minimum atomic E-state index is -3.90. The minimum absolute atomic E-state index is 0.139. The van der Waals surface area contributed by atoms with Crippen LogP contribution in [0.1, 0.15) is 32.6 Å². The smallest absolute Gasteiger partial charge is 0.243 e. The van der Waals surface area contributed by atoms with Crippen molar-refractivity contribution in [2.45, 2.75) is 43.0 Å². The van der Waals surface area contributed by atoms with Crippen molar-refractivity contribution in [2.24, 2.45) is 5.92 Å². The molecule has 0 atom stereocenters. The monoisotopic (exact) mass is 316 g/mol. The van der Waals surface area contributed by atoms with Crippen molar-refractivity contribution in [1.82, 2.24) is 4.72 Å². The maximum absolute atomic E-state index is 13.0. The number of hydrogen-bond donors (Lipinski definition) is 3. The molecule has 0 radical (unpaired) electrons. The Morgan fingerprint density at radius 2 is 2.05 bits per heavy atom. The van der Waals surface area contributed by atoms with Gasteiger partial charge in [0.25, 0.3) is 0 Å². The third-order valence-electron chi connectivity index (χ3n) is 4.15. The highest BCUT2D eigenvalue weighted by atomic mass is 32.2. The Bertz CT molecular complexity index is 611. The Hall–Kier alpha value is -1.18. The fourth-order valence-corrected chi connectivity index (χ4v) is 4.28. The molecule has 0 saturated heterocycles. The van der Waals surface area contributed by atoms with Gasteiger partial charge in [-0.3, -0.25) is 0 Å². The Morgan fingerprint density at radius 1 is 1.43 bits per heavy atom. The van der Waals surface area contributed by atoms with Crippen molar-refractivity contribution < 1.29 is 17.9 Å². The van der Waals surface area contributed by atoms with Gasteiger partial charge in [0.1, 0.15) is 10.7 Å². The van der Waals surface area contributed by atoms with Gasteiger partial charge in [0, 0.05) is 0 Å². The van der Waals surface area contributed by atoms with Crippen molar-refractivity contribution in [3.05, 3.63) is 24.0 Å². The van der Waals surface area contributed by atoms with Crippen molar-refractivity contribution in [3.8, 4) is 0 Å². The van der Waals surface area contributed by atoms with Crippen LogP contribution in [0.15, 0.2) is 23.1 Å². The van der Waals surface area contributed by atoms with E-state index in [2.05, 4.69) is 11.6 Å². The molecule has 1 aromatic carbocycles. The Labute approximate surface area is 124 Å². The van der Waals surface area contributed by atoms with Crippen LogP contribution in [-0.2, 0) is 10.0 Å². The topological polar surface area (TPSA) is 92.4 Å². The molecule has 0 amide bonds. The second kappa shape index (κ2) is 5.90. The molecule has 5 nitrogen and oxygen atoms in total. The molecule has 0 heterocycles. The van der Waals surface area contributed by atoms with E-state index in [1.54, 1.807) is 0 Å². The number of benzene rings is 1. The summed E-state index contributed by atoms with van der Waals surface area (Å²) in [4.78, 5) is -0.157. The van der Waals surface area contributed by atoms with Crippen LogP contribution >= 0.6 is 0 Å². The van der Waals surface area contributed by atoms with Gasteiger partial charge in [-0.25, -0.2) is 17.5 Å². The third-order valence-corrected chi connectivity index (χ3v) is 5.80. The number of anilines is 1. The number of sulfonamides is 1. The number of rotatable bonds is 4. The summed E-state index contributed by atoms with van der Waals surface area (Å²) in [6.45, 7) is 1.84. The van der Waals surface area contributed by atoms with E-state index in [4.69, 9.17) is 5.73 Å². The van der Waals surface area contributed by atoms with Crippen LogP contribution in [0.5, 0.6) is 0 Å². The maximum atomic E-state index is 13.0. The van der Waals surface area contributed by atoms with Crippen molar-refractivity contribution >= 4 is 15.7 Å². The lowest BCUT2D eigenvalue weighted by atomic mass is 9.78. The highest BCUT2D eigenvalue weighted by Gasteiger charge is 2.38. The first kappa shape index (κ1) is 16.2. The van der Waals surface area contributed by atoms with Crippen LogP contribution in [0.25, 0.3) is 0 Å². The van der Waals surface area contributed by atoms with Gasteiger partial charge in [0.2, 0.25) is 10.0 Å². The number of halogens is 1. The van der Waals surface area contributed by atoms with Crippen LogP contribution in [-0.4, -0.2) is 25.7 Å². The summed E-state index contributed by atoms with van der Waals surface area (Å²) in [5, 5.41) is 9.63. The Kier molecular flexibility index (Phi) is 4.55. The largest absolute Gasteiger partial charge is 0.398 e. The predicted molar refractivity (Wildman–Crippen MR) is 78.6 cm³/mol. The highest BCUT2D eigenvalue weighted by molar-refractivity contribution is 7.89. The highest BCUT2D eigenvalue weighted by Crippen LogP contribution is 2.33. The lowest BCUT2D eigenvalue weighted by Gasteiger charge is -2.38. The predicted octanol–water partition coefficient (Wildman–Crippen LogP) is 1.63. The van der Waals surface area contributed by atoms with E-state index in [1.165, 1.54) is 0 Å². The number of hydrogen-bond acceptors (Lipinski definition) is 4. The molecule has 0 aromatic heterocycles. The summed E-state index contributed by atoms with van der Waals surface area (Å²) in [6, 6.07) is 3.17. The van der Waals surface area contributed by atoms with Crippen LogP contribution in [0, 0.1) is 11.7 Å². The van der Waals surface area contributed by atoms with Crippen LogP contribution in [0.3, 0.4) is 0 Å². The molecular weight excluding hydrogens is 295 g/mol. The summed E-state index contributed by atoms with van der Waals surface area (Å²) in [6.07, 6.45) is 2.85. The molecule has 0 unspecified atom stereocenters. The normalized spacial score (nSPS) is 26.7. The van der Waals surface area contributed by atoms with Gasteiger partial charge in [0.05, 0.1) is 17.8 Å². The fraction of sp³-hybridized carbons (Fsp3) is 0.571. The number of nitrogen functional groups attached to an aromatic ring is 1. The zero-order valence-electron chi connectivity index (χ0n) is 12.0. The molecular formula is C14H21FN2O3S. The van der Waals surface area contributed by atoms with E-state index >= 15 is 0 Å². The molecule has 1 aliphatic rings. The first-order valence-corrected chi connectivity index (χ1v) is 8.46. The molecule has 4 N–H and O–H groups in total. The lowest BCUT2D eigenvalue weighted by Crippen LogP contribution is -2.53. The second-order valence-electron chi connectivity index (χ2n) is 5.91. The van der Waals surface area contributed by atoms with Gasteiger partial charge in [-0.1, -0.05) is 6.92 Å². The number of aliphatic hydroxyl groups is 1. The molecule has 1 aliphatic carbocycles. The Morgan fingerprint density at radius 3 is 2.57 bits per heavy atom. The Balaban J connectivity index is 2.27. The summed E-state index contributed by atoms with van der Waals surface area (Å²) >= 11 is 0. The molecule has 1 aromatic rings. The van der Waals surface area contributed by atoms with Gasteiger partial charge in [-0.05, 0) is 49.8 Å². The van der Waals surface area contributed by atoms with Gasteiger partial charge in [0.15, 0.2) is 0 Å². The van der Waals surface area contributed by atoms with Crippen LogP contribution in [0.2, 0.25) is 0 Å². The molecule has 0 aliphatic heterocycles. The fourth-order valence-electron chi connectivity index (χ4n) is 2.71. The molecule has 118 valence electrons. The van der Waals surface area contributed by atoms with E-state index < -0.39 is 21.4 Å². The molecule has 1 fully saturated rings. The van der Waals surface area contributed by atoms with E-state index in [0.717, 1.165) is 31.0 Å². The van der Waals surface area contributed by atoms with Gasteiger partial charge >= 0.3 is 0 Å². The molecule has 0 bridgehead atoms. The first-order valence-electron chi connectivity index (χ1n) is 6.98. The third kappa shape index (κ3) is 3.53. The van der Waals surface area contributed by atoms with E-state index in [1.807, 2.05) is 0 Å².